The largest absolute Gasteiger partial charge is 0.333 e. The van der Waals surface area contributed by atoms with Gasteiger partial charge in [0.25, 0.3) is 5.89 Å². The monoisotopic (exact) mass is 259 g/mol. The molecule has 0 saturated heterocycles. The van der Waals surface area contributed by atoms with Gasteiger partial charge in [-0.3, -0.25) is 5.10 Å². The highest BCUT2D eigenvalue weighted by atomic mass is 32.2. The first-order chi connectivity index (χ1) is 8.88. The number of H-pyrrole nitrogens is 1. The Morgan fingerprint density at radius 2 is 2.17 bits per heavy atom. The summed E-state index contributed by atoms with van der Waals surface area (Å²) in [6, 6.07) is 7.87. The highest BCUT2D eigenvalue weighted by molar-refractivity contribution is 7.98. The van der Waals surface area contributed by atoms with Crippen molar-refractivity contribution in [2.75, 3.05) is 6.26 Å². The Bertz CT molecular complexity index is 649. The van der Waals surface area contributed by atoms with Crippen molar-refractivity contribution in [1.82, 2.24) is 25.3 Å². The molecule has 90 valence electrons. The van der Waals surface area contributed by atoms with Crippen LogP contribution in [0, 0.1) is 0 Å². The maximum absolute atomic E-state index is 5.25. The van der Waals surface area contributed by atoms with Crippen molar-refractivity contribution in [2.24, 2.45) is 0 Å². The molecule has 0 spiro atoms. The maximum atomic E-state index is 5.25. The first kappa shape index (κ1) is 11.0. The van der Waals surface area contributed by atoms with E-state index in [1.807, 2.05) is 30.5 Å². The molecule has 1 aromatic carbocycles. The molecule has 0 radical (unpaired) electrons. The molecule has 0 aliphatic carbocycles. The van der Waals surface area contributed by atoms with Crippen LogP contribution in [0.25, 0.3) is 23.1 Å². The average molecular weight is 259 g/mol. The van der Waals surface area contributed by atoms with Crippen LogP contribution in [0.1, 0.15) is 0 Å². The molecule has 2 aromatic heterocycles. The van der Waals surface area contributed by atoms with Gasteiger partial charge in [0, 0.05) is 4.90 Å². The van der Waals surface area contributed by atoms with Crippen molar-refractivity contribution in [1.29, 1.82) is 0 Å². The van der Waals surface area contributed by atoms with E-state index >= 15 is 0 Å². The second-order valence-electron chi connectivity index (χ2n) is 3.46. The molecule has 0 saturated carbocycles. The number of nitrogens with one attached hydrogen (secondary N) is 1. The summed E-state index contributed by atoms with van der Waals surface area (Å²) < 4.78 is 5.25. The van der Waals surface area contributed by atoms with E-state index in [-0.39, 0.29) is 0 Å². The number of thioether (sulfide) groups is 1. The molecule has 6 nitrogen and oxygen atoms in total. The van der Waals surface area contributed by atoms with Crippen LogP contribution in [0.15, 0.2) is 40.0 Å². The van der Waals surface area contributed by atoms with E-state index in [1.165, 1.54) is 6.33 Å². The first-order valence-corrected chi connectivity index (χ1v) is 6.44. The van der Waals surface area contributed by atoms with E-state index in [2.05, 4.69) is 25.3 Å². The third kappa shape index (κ3) is 1.88. The molecular weight excluding hydrogens is 250 g/mol. The Hall–Kier alpha value is -2.15. The Morgan fingerprint density at radius 1 is 1.28 bits per heavy atom. The van der Waals surface area contributed by atoms with Crippen LogP contribution in [0.5, 0.6) is 0 Å². The third-order valence-corrected chi connectivity index (χ3v) is 3.19. The zero-order chi connectivity index (χ0) is 12.4. The van der Waals surface area contributed by atoms with Gasteiger partial charge in [0.05, 0.1) is 5.56 Å². The van der Waals surface area contributed by atoms with E-state index in [9.17, 15) is 0 Å². The van der Waals surface area contributed by atoms with Gasteiger partial charge in [0.1, 0.15) is 6.33 Å². The molecule has 0 fully saturated rings. The Balaban J connectivity index is 2.03. The van der Waals surface area contributed by atoms with E-state index in [4.69, 9.17) is 4.52 Å². The second-order valence-corrected chi connectivity index (χ2v) is 4.31. The van der Waals surface area contributed by atoms with Crippen molar-refractivity contribution in [3.63, 3.8) is 0 Å². The van der Waals surface area contributed by atoms with E-state index in [0.717, 1.165) is 10.5 Å². The zero-order valence-electron chi connectivity index (χ0n) is 9.49. The minimum atomic E-state index is 0.401. The van der Waals surface area contributed by atoms with Gasteiger partial charge in [0.15, 0.2) is 5.82 Å². The minimum Gasteiger partial charge on any atom is -0.333 e. The summed E-state index contributed by atoms with van der Waals surface area (Å²) >= 11 is 1.63. The lowest BCUT2D eigenvalue weighted by Crippen LogP contribution is -1.84. The van der Waals surface area contributed by atoms with Gasteiger partial charge in [0.2, 0.25) is 5.82 Å². The van der Waals surface area contributed by atoms with Crippen LogP contribution < -0.4 is 0 Å². The van der Waals surface area contributed by atoms with Crippen LogP contribution >= 0.6 is 11.8 Å². The lowest BCUT2D eigenvalue weighted by atomic mass is 10.2. The molecule has 0 bridgehead atoms. The predicted octanol–water partition coefficient (Wildman–Crippen LogP) is 2.24. The molecular formula is C11H9N5OS. The van der Waals surface area contributed by atoms with Crippen LogP contribution in [0.2, 0.25) is 0 Å². The molecule has 3 aromatic rings. The van der Waals surface area contributed by atoms with Gasteiger partial charge in [-0.15, -0.1) is 11.8 Å². The summed E-state index contributed by atoms with van der Waals surface area (Å²) in [5, 5.41) is 10.3. The highest BCUT2D eigenvalue weighted by Gasteiger charge is 2.14. The quantitative estimate of drug-likeness (QED) is 0.726. The second kappa shape index (κ2) is 4.61. The number of aromatic amines is 1. The first-order valence-electron chi connectivity index (χ1n) is 5.21. The van der Waals surface area contributed by atoms with Crippen LogP contribution in [-0.4, -0.2) is 31.6 Å². The van der Waals surface area contributed by atoms with Gasteiger partial charge < -0.3 is 4.52 Å². The zero-order valence-corrected chi connectivity index (χ0v) is 10.3. The van der Waals surface area contributed by atoms with Crippen molar-refractivity contribution in [3.05, 3.63) is 30.6 Å². The number of aromatic nitrogens is 5. The van der Waals surface area contributed by atoms with Crippen LogP contribution in [0.3, 0.4) is 0 Å². The lowest BCUT2D eigenvalue weighted by Gasteiger charge is -2.00. The number of hydrogen-bond acceptors (Lipinski definition) is 6. The fourth-order valence-corrected chi connectivity index (χ4v) is 2.15. The fourth-order valence-electron chi connectivity index (χ4n) is 1.56. The van der Waals surface area contributed by atoms with Gasteiger partial charge in [-0.1, -0.05) is 17.3 Å². The van der Waals surface area contributed by atoms with Crippen LogP contribution in [0.4, 0.5) is 0 Å². The normalized spacial score (nSPS) is 10.7. The van der Waals surface area contributed by atoms with E-state index < -0.39 is 0 Å². The SMILES string of the molecule is CSc1ccccc1-c1nc(-c2ncn[nH]2)no1. The van der Waals surface area contributed by atoms with Crippen molar-refractivity contribution < 1.29 is 4.52 Å². The van der Waals surface area contributed by atoms with Gasteiger partial charge in [-0.25, -0.2) is 4.98 Å². The number of benzene rings is 1. The molecule has 18 heavy (non-hydrogen) atoms. The molecule has 3 rings (SSSR count). The molecule has 0 unspecified atom stereocenters. The Kier molecular flexibility index (Phi) is 2.81. The summed E-state index contributed by atoms with van der Waals surface area (Å²) in [7, 11) is 0. The minimum absolute atomic E-state index is 0.401. The van der Waals surface area contributed by atoms with Crippen LogP contribution in [-0.2, 0) is 0 Å². The van der Waals surface area contributed by atoms with E-state index in [1.54, 1.807) is 11.8 Å². The third-order valence-electron chi connectivity index (χ3n) is 2.39. The molecule has 0 atom stereocenters. The number of nitrogens with zero attached hydrogens (tertiary/aromatic N) is 4. The molecule has 1 N–H and O–H groups in total. The predicted molar refractivity (Wildman–Crippen MR) is 66.9 cm³/mol. The number of hydrogen-bond donors (Lipinski definition) is 1. The topological polar surface area (TPSA) is 80.5 Å². The Morgan fingerprint density at radius 3 is 2.94 bits per heavy atom. The average Bonchev–Trinajstić information content (AvgIpc) is 3.09. The van der Waals surface area contributed by atoms with E-state index in [0.29, 0.717) is 17.5 Å². The summed E-state index contributed by atoms with van der Waals surface area (Å²) in [5.74, 6) is 1.37. The summed E-state index contributed by atoms with van der Waals surface area (Å²) in [4.78, 5) is 9.37. The maximum Gasteiger partial charge on any atom is 0.259 e. The van der Waals surface area contributed by atoms with Gasteiger partial charge in [-0.2, -0.15) is 10.1 Å². The molecule has 2 heterocycles. The fraction of sp³-hybridized carbons (Fsp3) is 0.0909. The standard InChI is InChI=1S/C11H9N5OS/c1-18-8-5-3-2-4-7(8)11-14-10(16-17-11)9-12-6-13-15-9/h2-6H,1H3,(H,12,13,15). The van der Waals surface area contributed by atoms with Crippen molar-refractivity contribution in [2.45, 2.75) is 4.90 Å². The van der Waals surface area contributed by atoms with Gasteiger partial charge >= 0.3 is 0 Å². The smallest absolute Gasteiger partial charge is 0.259 e. The van der Waals surface area contributed by atoms with Gasteiger partial charge in [-0.05, 0) is 18.4 Å². The van der Waals surface area contributed by atoms with Crippen molar-refractivity contribution in [3.8, 4) is 23.1 Å². The molecule has 0 aliphatic rings. The molecule has 0 amide bonds. The highest BCUT2D eigenvalue weighted by Crippen LogP contribution is 2.29. The molecule has 7 heteroatoms. The molecule has 0 aliphatic heterocycles. The number of rotatable bonds is 3. The van der Waals surface area contributed by atoms with Crippen molar-refractivity contribution >= 4 is 11.8 Å². The lowest BCUT2D eigenvalue weighted by molar-refractivity contribution is 0.431. The summed E-state index contributed by atoms with van der Waals surface area (Å²) in [6.45, 7) is 0. The summed E-state index contributed by atoms with van der Waals surface area (Å²) in [6.07, 6.45) is 3.41. The summed E-state index contributed by atoms with van der Waals surface area (Å²) in [5.41, 5.74) is 0.920. The Labute approximate surface area is 107 Å².